The summed E-state index contributed by atoms with van der Waals surface area (Å²) in [6.07, 6.45) is 4.72. The Morgan fingerprint density at radius 1 is 1.18 bits per heavy atom. The zero-order valence-electron chi connectivity index (χ0n) is 13.8. The zero-order valence-corrected chi connectivity index (χ0v) is 13.8. The molecule has 2 rings (SSSR count). The molecule has 0 heterocycles. The van der Waals surface area contributed by atoms with Crippen molar-refractivity contribution in [2.75, 3.05) is 7.11 Å². The minimum Gasteiger partial charge on any atom is -0.497 e. The highest BCUT2D eigenvalue weighted by Gasteiger charge is 2.31. The van der Waals surface area contributed by atoms with Crippen LogP contribution in [0.25, 0.3) is 0 Å². The van der Waals surface area contributed by atoms with Gasteiger partial charge < -0.3 is 4.74 Å². The van der Waals surface area contributed by atoms with Gasteiger partial charge in [-0.3, -0.25) is 4.89 Å². The number of methoxy groups -OCH3 is 1. The number of hydrogen-bond donors (Lipinski definition) is 0. The van der Waals surface area contributed by atoms with Crippen LogP contribution in [0.2, 0.25) is 0 Å². The number of carbonyl (C=O) groups excluding carboxylic acids is 1. The Morgan fingerprint density at radius 3 is 2.45 bits per heavy atom. The fourth-order valence-corrected chi connectivity index (χ4v) is 2.78. The minimum atomic E-state index is -0.496. The van der Waals surface area contributed by atoms with Crippen LogP contribution in [0.5, 0.6) is 5.75 Å². The molecule has 22 heavy (non-hydrogen) atoms. The third-order valence-electron chi connectivity index (χ3n) is 4.31. The summed E-state index contributed by atoms with van der Waals surface area (Å²) in [6, 6.07) is 6.83. The maximum Gasteiger partial charge on any atom is 0.373 e. The first-order chi connectivity index (χ1) is 10.4. The van der Waals surface area contributed by atoms with Gasteiger partial charge in [-0.1, -0.05) is 26.8 Å². The predicted molar refractivity (Wildman–Crippen MR) is 84.2 cm³/mol. The fraction of sp³-hybridized carbons (Fsp3) is 0.556. The molecule has 1 aliphatic rings. The smallest absolute Gasteiger partial charge is 0.373 e. The van der Waals surface area contributed by atoms with Crippen molar-refractivity contribution in [3.8, 4) is 5.75 Å². The molecule has 1 fully saturated rings. The van der Waals surface area contributed by atoms with Crippen LogP contribution in [0.4, 0.5) is 0 Å². The maximum absolute atomic E-state index is 12.0. The van der Waals surface area contributed by atoms with E-state index in [1.165, 1.54) is 0 Å². The van der Waals surface area contributed by atoms with Crippen LogP contribution in [0.1, 0.15) is 56.8 Å². The third-order valence-corrected chi connectivity index (χ3v) is 4.31. The Morgan fingerprint density at radius 2 is 1.86 bits per heavy atom. The molecule has 0 atom stereocenters. The second-order valence-corrected chi connectivity index (χ2v) is 6.87. The van der Waals surface area contributed by atoms with Crippen molar-refractivity contribution in [3.63, 3.8) is 0 Å². The van der Waals surface area contributed by atoms with Gasteiger partial charge in [-0.2, -0.15) is 4.89 Å². The van der Waals surface area contributed by atoms with Crippen molar-refractivity contribution < 1.29 is 19.3 Å². The van der Waals surface area contributed by atoms with Gasteiger partial charge in [-0.25, -0.2) is 4.79 Å². The van der Waals surface area contributed by atoms with Crippen LogP contribution in [0.15, 0.2) is 24.3 Å². The lowest BCUT2D eigenvalue weighted by Gasteiger charge is -2.35. The molecule has 1 saturated carbocycles. The summed E-state index contributed by atoms with van der Waals surface area (Å²) in [5.41, 5.74) is 0.742. The Hall–Kier alpha value is -1.55. The lowest BCUT2D eigenvalue weighted by Crippen LogP contribution is -2.26. The topological polar surface area (TPSA) is 44.8 Å². The van der Waals surface area contributed by atoms with Crippen molar-refractivity contribution in [2.45, 2.75) is 46.5 Å². The first-order valence-corrected chi connectivity index (χ1v) is 7.78. The summed E-state index contributed by atoms with van der Waals surface area (Å²) in [5.74, 6) is 0.811. The van der Waals surface area contributed by atoms with E-state index in [2.05, 4.69) is 20.8 Å². The lowest BCUT2D eigenvalue weighted by atomic mass is 9.72. The second-order valence-electron chi connectivity index (χ2n) is 6.87. The average Bonchev–Trinajstić information content (AvgIpc) is 2.52. The Kier molecular flexibility index (Phi) is 5.46. The van der Waals surface area contributed by atoms with Crippen LogP contribution >= 0.6 is 0 Å². The van der Waals surface area contributed by atoms with Crippen molar-refractivity contribution in [2.24, 2.45) is 11.3 Å². The van der Waals surface area contributed by atoms with E-state index in [0.717, 1.165) is 31.8 Å². The highest BCUT2D eigenvalue weighted by atomic mass is 17.2. The molecule has 0 N–H and O–H groups in total. The molecule has 121 valence electrons. The predicted octanol–water partition coefficient (Wildman–Crippen LogP) is 4.55. The van der Waals surface area contributed by atoms with Gasteiger partial charge >= 0.3 is 5.97 Å². The molecule has 4 heteroatoms. The van der Waals surface area contributed by atoms with E-state index >= 15 is 0 Å². The number of ether oxygens (including phenoxy) is 1. The normalized spacial score (nSPS) is 17.3. The molecule has 0 bridgehead atoms. The van der Waals surface area contributed by atoms with E-state index < -0.39 is 5.97 Å². The monoisotopic (exact) mass is 305 g/mol. The zero-order chi connectivity index (χ0) is 16.2. The highest BCUT2D eigenvalue weighted by molar-refractivity contribution is 5.89. The Balaban J connectivity index is 1.80. The summed E-state index contributed by atoms with van der Waals surface area (Å²) in [7, 11) is 1.56. The van der Waals surface area contributed by atoms with Gasteiger partial charge in [0.05, 0.1) is 12.7 Å². The number of carbonyl (C=O) groups is 1. The van der Waals surface area contributed by atoms with E-state index in [0.29, 0.717) is 22.6 Å². The third kappa shape index (κ3) is 4.47. The molecule has 0 spiro atoms. The van der Waals surface area contributed by atoms with Gasteiger partial charge in [0.1, 0.15) is 11.9 Å². The summed E-state index contributed by atoms with van der Waals surface area (Å²) in [5, 5.41) is 0. The molecular formula is C18H25O4. The lowest BCUT2D eigenvalue weighted by molar-refractivity contribution is -0.241. The molecule has 0 saturated heterocycles. The molecular weight excluding hydrogens is 280 g/mol. The molecule has 4 nitrogen and oxygen atoms in total. The molecule has 0 unspecified atom stereocenters. The highest BCUT2D eigenvalue weighted by Crippen LogP contribution is 2.40. The van der Waals surface area contributed by atoms with E-state index in [4.69, 9.17) is 14.5 Å². The fourth-order valence-electron chi connectivity index (χ4n) is 2.78. The number of rotatable bonds is 4. The SMILES string of the molecule is COc1cccc(C(=O)OO[C]2CCC(C(C)(C)C)CC2)c1. The standard InChI is InChI=1S/C18H25O4/c1-18(2,3)14-8-10-15(11-9-14)21-22-17(19)13-6-5-7-16(12-13)20-4/h5-7,12,14H,8-11H2,1-4H3. The molecule has 0 aromatic heterocycles. The molecule has 0 aliphatic heterocycles. The van der Waals surface area contributed by atoms with Crippen molar-refractivity contribution in [1.82, 2.24) is 0 Å². The first-order valence-electron chi connectivity index (χ1n) is 7.78. The van der Waals surface area contributed by atoms with Crippen LogP contribution in [0, 0.1) is 17.4 Å². The summed E-state index contributed by atoms with van der Waals surface area (Å²) >= 11 is 0. The van der Waals surface area contributed by atoms with E-state index in [1.54, 1.807) is 31.4 Å². The molecule has 0 amide bonds. The van der Waals surface area contributed by atoms with Crippen LogP contribution in [0.3, 0.4) is 0 Å². The average molecular weight is 305 g/mol. The van der Waals surface area contributed by atoms with Gasteiger partial charge in [0, 0.05) is 0 Å². The quantitative estimate of drug-likeness (QED) is 0.604. The summed E-state index contributed by atoms with van der Waals surface area (Å²) in [4.78, 5) is 22.2. The minimum absolute atomic E-state index is 0.322. The van der Waals surface area contributed by atoms with Crippen molar-refractivity contribution in [1.29, 1.82) is 0 Å². The van der Waals surface area contributed by atoms with Crippen LogP contribution in [-0.4, -0.2) is 13.1 Å². The van der Waals surface area contributed by atoms with Gasteiger partial charge in [-0.05, 0) is 55.2 Å². The molecule has 1 aromatic carbocycles. The summed E-state index contributed by atoms with van der Waals surface area (Å²) in [6.45, 7) is 6.81. The van der Waals surface area contributed by atoms with Gasteiger partial charge in [0.2, 0.25) is 0 Å². The largest absolute Gasteiger partial charge is 0.497 e. The van der Waals surface area contributed by atoms with Crippen molar-refractivity contribution in [3.05, 3.63) is 35.9 Å². The van der Waals surface area contributed by atoms with Crippen molar-refractivity contribution >= 4 is 5.97 Å². The molecule has 1 aliphatic carbocycles. The second kappa shape index (κ2) is 7.14. The Labute approximate surface area is 132 Å². The van der Waals surface area contributed by atoms with E-state index in [9.17, 15) is 4.79 Å². The number of hydrogen-bond acceptors (Lipinski definition) is 4. The van der Waals surface area contributed by atoms with Crippen LogP contribution in [-0.2, 0) is 9.78 Å². The summed E-state index contributed by atoms with van der Waals surface area (Å²) < 4.78 is 5.09. The molecule has 1 radical (unpaired) electrons. The van der Waals surface area contributed by atoms with Gasteiger partial charge in [-0.15, -0.1) is 0 Å². The van der Waals surface area contributed by atoms with E-state index in [1.807, 2.05) is 0 Å². The number of benzene rings is 1. The van der Waals surface area contributed by atoms with E-state index in [-0.39, 0.29) is 0 Å². The van der Waals surface area contributed by atoms with Gasteiger partial charge in [0.25, 0.3) is 0 Å². The Bertz CT molecular complexity index is 496. The first kappa shape index (κ1) is 16.8. The van der Waals surface area contributed by atoms with Gasteiger partial charge in [0.15, 0.2) is 0 Å². The molecule has 1 aromatic rings. The van der Waals surface area contributed by atoms with Crippen LogP contribution < -0.4 is 4.74 Å². The maximum atomic E-state index is 12.0.